The number of halogens is 3. The zero-order valence-electron chi connectivity index (χ0n) is 13.8. The van der Waals surface area contributed by atoms with Crippen LogP contribution in [0.4, 0.5) is 4.39 Å². The molecule has 26 heavy (non-hydrogen) atoms. The zero-order valence-corrected chi connectivity index (χ0v) is 16.9. The molecule has 0 saturated carbocycles. The fourth-order valence-electron chi connectivity index (χ4n) is 2.05. The van der Waals surface area contributed by atoms with Gasteiger partial charge in [-0.1, -0.05) is 12.1 Å². The molecule has 0 unspecified atom stereocenters. The van der Waals surface area contributed by atoms with E-state index in [1.807, 2.05) is 6.07 Å². The molecule has 0 aliphatic heterocycles. The molecule has 2 aromatic carbocycles. The topological polar surface area (TPSA) is 59.3 Å². The molecule has 7 heteroatoms. The Kier molecular flexibility index (Phi) is 7.37. The van der Waals surface area contributed by atoms with Gasteiger partial charge >= 0.3 is 5.97 Å². The third kappa shape index (κ3) is 5.41. The normalized spacial score (nSPS) is 11.0. The predicted octanol–water partition coefficient (Wildman–Crippen LogP) is 5.40. The lowest BCUT2D eigenvalue weighted by atomic mass is 10.1. The van der Waals surface area contributed by atoms with Crippen molar-refractivity contribution in [1.29, 1.82) is 5.26 Å². The second kappa shape index (κ2) is 9.51. The number of rotatable bonds is 6. The van der Waals surface area contributed by atoms with E-state index in [0.29, 0.717) is 20.3 Å². The van der Waals surface area contributed by atoms with Gasteiger partial charge in [0.05, 0.1) is 15.6 Å². The Labute approximate surface area is 167 Å². The molecule has 0 N–H and O–H groups in total. The average molecular weight is 483 g/mol. The number of ether oxygens (including phenoxy) is 2. The van der Waals surface area contributed by atoms with Crippen molar-refractivity contribution >= 4 is 43.9 Å². The fourth-order valence-corrected chi connectivity index (χ4v) is 3.50. The summed E-state index contributed by atoms with van der Waals surface area (Å²) in [6.45, 7) is 2.13. The number of hydrogen-bond donors (Lipinski definition) is 0. The van der Waals surface area contributed by atoms with E-state index in [2.05, 4.69) is 31.9 Å². The van der Waals surface area contributed by atoms with E-state index in [9.17, 15) is 9.18 Å². The van der Waals surface area contributed by atoms with Crippen LogP contribution in [0, 0.1) is 17.1 Å². The second-order valence-electron chi connectivity index (χ2n) is 5.12. The Hall–Kier alpha value is -2.17. The summed E-state index contributed by atoms with van der Waals surface area (Å²) < 4.78 is 24.8. The first-order chi connectivity index (χ1) is 12.4. The van der Waals surface area contributed by atoms with E-state index in [1.165, 1.54) is 18.2 Å². The van der Waals surface area contributed by atoms with E-state index in [-0.39, 0.29) is 24.6 Å². The highest BCUT2D eigenvalue weighted by Gasteiger charge is 2.13. The zero-order chi connectivity index (χ0) is 19.1. The maximum absolute atomic E-state index is 12.9. The molecule has 2 aromatic rings. The van der Waals surface area contributed by atoms with Gasteiger partial charge in [-0.3, -0.25) is 0 Å². The van der Waals surface area contributed by atoms with E-state index >= 15 is 0 Å². The predicted molar refractivity (Wildman–Crippen MR) is 103 cm³/mol. The van der Waals surface area contributed by atoms with Crippen LogP contribution in [-0.4, -0.2) is 12.6 Å². The van der Waals surface area contributed by atoms with Gasteiger partial charge in [-0.05, 0) is 80.3 Å². The van der Waals surface area contributed by atoms with E-state index in [4.69, 9.17) is 14.7 Å². The van der Waals surface area contributed by atoms with Crippen molar-refractivity contribution < 1.29 is 18.7 Å². The van der Waals surface area contributed by atoms with Gasteiger partial charge in [-0.25, -0.2) is 9.18 Å². The van der Waals surface area contributed by atoms with Gasteiger partial charge in [0.15, 0.2) is 0 Å². The van der Waals surface area contributed by atoms with Crippen molar-refractivity contribution in [3.05, 3.63) is 67.9 Å². The highest BCUT2D eigenvalue weighted by atomic mass is 79.9. The van der Waals surface area contributed by atoms with Gasteiger partial charge in [-0.15, -0.1) is 0 Å². The van der Waals surface area contributed by atoms with Crippen molar-refractivity contribution in [2.75, 3.05) is 6.61 Å². The minimum atomic E-state index is -0.668. The number of nitrogens with zero attached hydrogens (tertiary/aromatic N) is 1. The highest BCUT2D eigenvalue weighted by Crippen LogP contribution is 2.36. The molecule has 0 saturated heterocycles. The fraction of sp³-hybridized carbons (Fsp3) is 0.158. The largest absolute Gasteiger partial charge is 0.487 e. The Morgan fingerprint density at radius 2 is 1.85 bits per heavy atom. The SMILES string of the molecule is CCOC(=O)C(C#N)=Cc1cc(Br)c(OCc2ccc(F)cc2)c(Br)c1. The molecule has 2 rings (SSSR count). The number of carbonyl (C=O) groups excluding carboxylic acids is 1. The first-order valence-corrected chi connectivity index (χ1v) is 9.18. The molecular formula is C19H14Br2FNO3. The molecule has 0 bridgehead atoms. The molecule has 0 spiro atoms. The average Bonchev–Trinajstić information content (AvgIpc) is 2.60. The van der Waals surface area contributed by atoms with E-state index in [0.717, 1.165) is 5.56 Å². The van der Waals surface area contributed by atoms with Gasteiger partial charge in [-0.2, -0.15) is 5.26 Å². The molecule has 0 radical (unpaired) electrons. The molecule has 134 valence electrons. The summed E-state index contributed by atoms with van der Waals surface area (Å²) in [5, 5.41) is 9.11. The van der Waals surface area contributed by atoms with Gasteiger partial charge in [0.2, 0.25) is 0 Å². The van der Waals surface area contributed by atoms with Crippen LogP contribution in [0.3, 0.4) is 0 Å². The molecule has 4 nitrogen and oxygen atoms in total. The number of hydrogen-bond acceptors (Lipinski definition) is 4. The van der Waals surface area contributed by atoms with Crippen LogP contribution in [0.15, 0.2) is 50.9 Å². The second-order valence-corrected chi connectivity index (χ2v) is 6.83. The Morgan fingerprint density at radius 1 is 1.23 bits per heavy atom. The Balaban J connectivity index is 2.20. The highest BCUT2D eigenvalue weighted by molar-refractivity contribution is 9.11. The minimum Gasteiger partial charge on any atom is -0.487 e. The van der Waals surface area contributed by atoms with Crippen LogP contribution in [0.25, 0.3) is 6.08 Å². The molecule has 0 aliphatic rings. The summed E-state index contributed by atoms with van der Waals surface area (Å²) in [5.41, 5.74) is 1.36. The van der Waals surface area contributed by atoms with Gasteiger partial charge in [0, 0.05) is 0 Å². The number of esters is 1. The maximum Gasteiger partial charge on any atom is 0.348 e. The van der Waals surface area contributed by atoms with Crippen LogP contribution in [0.2, 0.25) is 0 Å². The van der Waals surface area contributed by atoms with Crippen molar-refractivity contribution in [2.45, 2.75) is 13.5 Å². The van der Waals surface area contributed by atoms with Crippen LogP contribution < -0.4 is 4.74 Å². The molecule has 0 heterocycles. The lowest BCUT2D eigenvalue weighted by Crippen LogP contribution is -2.06. The number of carbonyl (C=O) groups is 1. The molecule has 0 atom stereocenters. The van der Waals surface area contributed by atoms with Crippen molar-refractivity contribution in [1.82, 2.24) is 0 Å². The van der Waals surface area contributed by atoms with Crippen LogP contribution in [0.5, 0.6) is 5.75 Å². The summed E-state index contributed by atoms with van der Waals surface area (Å²) >= 11 is 6.84. The number of nitriles is 1. The summed E-state index contributed by atoms with van der Waals surface area (Å²) in [5.74, 6) is -0.415. The summed E-state index contributed by atoms with van der Waals surface area (Å²) in [6, 6.07) is 11.3. The lowest BCUT2D eigenvalue weighted by Gasteiger charge is -2.11. The smallest absolute Gasteiger partial charge is 0.348 e. The maximum atomic E-state index is 12.9. The van der Waals surface area contributed by atoms with Crippen LogP contribution in [-0.2, 0) is 16.1 Å². The van der Waals surface area contributed by atoms with Crippen LogP contribution in [0.1, 0.15) is 18.1 Å². The van der Waals surface area contributed by atoms with Gasteiger partial charge in [0.1, 0.15) is 29.8 Å². The summed E-state index contributed by atoms with van der Waals surface area (Å²) in [7, 11) is 0. The van der Waals surface area contributed by atoms with E-state index in [1.54, 1.807) is 31.2 Å². The summed E-state index contributed by atoms with van der Waals surface area (Å²) in [4.78, 5) is 11.7. The Bertz CT molecular complexity index is 850. The van der Waals surface area contributed by atoms with Gasteiger partial charge < -0.3 is 9.47 Å². The molecule has 0 aromatic heterocycles. The minimum absolute atomic E-state index is 0.0920. The van der Waals surface area contributed by atoms with Crippen LogP contribution >= 0.6 is 31.9 Å². The lowest BCUT2D eigenvalue weighted by molar-refractivity contribution is -0.137. The first-order valence-electron chi connectivity index (χ1n) is 7.59. The van der Waals surface area contributed by atoms with Crippen molar-refractivity contribution in [2.24, 2.45) is 0 Å². The monoisotopic (exact) mass is 481 g/mol. The Morgan fingerprint density at radius 3 is 2.38 bits per heavy atom. The third-order valence-electron chi connectivity index (χ3n) is 3.24. The molecule has 0 amide bonds. The van der Waals surface area contributed by atoms with Crippen molar-refractivity contribution in [3.63, 3.8) is 0 Å². The number of benzene rings is 2. The first kappa shape index (κ1) is 20.1. The quantitative estimate of drug-likeness (QED) is 0.314. The summed E-state index contributed by atoms with van der Waals surface area (Å²) in [6.07, 6.45) is 1.44. The molecule has 0 aliphatic carbocycles. The van der Waals surface area contributed by atoms with Crippen molar-refractivity contribution in [3.8, 4) is 11.8 Å². The third-order valence-corrected chi connectivity index (χ3v) is 4.42. The molecular weight excluding hydrogens is 469 g/mol. The standard InChI is InChI=1S/C19H14Br2FNO3/c1-2-25-19(24)14(10-23)7-13-8-16(20)18(17(21)9-13)26-11-12-3-5-15(22)6-4-12/h3-9H,2,11H2,1H3. The van der Waals surface area contributed by atoms with Gasteiger partial charge in [0.25, 0.3) is 0 Å². The van der Waals surface area contributed by atoms with E-state index < -0.39 is 5.97 Å². The molecule has 0 fully saturated rings.